The summed E-state index contributed by atoms with van der Waals surface area (Å²) in [6.07, 6.45) is -6.27. The van der Waals surface area contributed by atoms with E-state index in [1.807, 2.05) is 0 Å². The van der Waals surface area contributed by atoms with Gasteiger partial charge in [-0.25, -0.2) is 9.18 Å². The third-order valence-electron chi connectivity index (χ3n) is 4.81. The minimum atomic E-state index is -1.67. The molecule has 208 valence electrons. The lowest BCUT2D eigenvalue weighted by Crippen LogP contribution is -2.63. The Morgan fingerprint density at radius 3 is 2.00 bits per heavy atom. The molecule has 38 heavy (non-hydrogen) atoms. The molecule has 0 amide bonds. The summed E-state index contributed by atoms with van der Waals surface area (Å²) in [6.45, 7) is 5.35. The van der Waals surface area contributed by atoms with Crippen LogP contribution in [0.25, 0.3) is 6.08 Å². The van der Waals surface area contributed by atoms with Crippen molar-refractivity contribution in [1.29, 1.82) is 0 Å². The molecule has 1 aliphatic rings. The van der Waals surface area contributed by atoms with Gasteiger partial charge in [-0.3, -0.25) is 19.2 Å². The van der Waals surface area contributed by atoms with Crippen LogP contribution in [0.3, 0.4) is 0 Å². The molecule has 0 spiro atoms. The highest BCUT2D eigenvalue weighted by Gasteiger charge is 2.53. The van der Waals surface area contributed by atoms with Crippen molar-refractivity contribution in [2.45, 2.75) is 65.3 Å². The number of hydrogen-bond donors (Lipinski definition) is 0. The summed E-state index contributed by atoms with van der Waals surface area (Å²) in [5, 5.41) is 0. The molecule has 0 N–H and O–H groups in total. The number of carbonyl (C=O) groups excluding carboxylic acids is 5. The lowest BCUT2D eigenvalue weighted by atomic mass is 9.98. The average Bonchev–Trinajstić information content (AvgIpc) is 2.80. The first kappa shape index (κ1) is 30.2. The van der Waals surface area contributed by atoms with Crippen LogP contribution in [-0.4, -0.2) is 73.8 Å². The van der Waals surface area contributed by atoms with E-state index in [-0.39, 0.29) is 12.2 Å². The van der Waals surface area contributed by atoms with Gasteiger partial charge >= 0.3 is 29.8 Å². The van der Waals surface area contributed by atoms with Crippen molar-refractivity contribution in [3.8, 4) is 0 Å². The number of esters is 5. The highest BCUT2D eigenvalue weighted by molar-refractivity contribution is 5.91. The molecular weight excluding hydrogens is 511 g/mol. The van der Waals surface area contributed by atoms with E-state index >= 15 is 0 Å². The SMILES string of the molecule is CCOC(=O)C(=Cc1cccc(F)c1)OC1OC(COC(C)=O)C(OC(C)=O)C(OC(C)=O)C1OC(C)=O. The van der Waals surface area contributed by atoms with Crippen molar-refractivity contribution < 1.29 is 61.5 Å². The van der Waals surface area contributed by atoms with Gasteiger partial charge in [-0.2, -0.15) is 0 Å². The van der Waals surface area contributed by atoms with Crippen molar-refractivity contribution in [1.82, 2.24) is 0 Å². The van der Waals surface area contributed by atoms with Crippen LogP contribution in [0.15, 0.2) is 30.0 Å². The van der Waals surface area contributed by atoms with Gasteiger partial charge in [0.05, 0.1) is 6.61 Å². The highest BCUT2D eigenvalue weighted by Crippen LogP contribution is 2.31. The summed E-state index contributed by atoms with van der Waals surface area (Å²) in [5.74, 6) is -5.22. The Bertz CT molecular complexity index is 1070. The lowest BCUT2D eigenvalue weighted by molar-refractivity contribution is -0.299. The summed E-state index contributed by atoms with van der Waals surface area (Å²) < 4.78 is 51.3. The fraction of sp³-hybridized carbons (Fsp3) is 0.480. The van der Waals surface area contributed by atoms with Gasteiger partial charge in [-0.05, 0) is 30.7 Å². The molecule has 2 rings (SSSR count). The molecular formula is C25H29FO12. The molecule has 1 aliphatic heterocycles. The van der Waals surface area contributed by atoms with Crippen molar-refractivity contribution in [2.75, 3.05) is 13.2 Å². The van der Waals surface area contributed by atoms with Crippen LogP contribution in [0.4, 0.5) is 4.39 Å². The Morgan fingerprint density at radius 1 is 0.842 bits per heavy atom. The molecule has 0 aliphatic carbocycles. The van der Waals surface area contributed by atoms with Gasteiger partial charge in [-0.1, -0.05) is 12.1 Å². The van der Waals surface area contributed by atoms with Crippen LogP contribution in [0.5, 0.6) is 0 Å². The van der Waals surface area contributed by atoms with Crippen LogP contribution >= 0.6 is 0 Å². The average molecular weight is 540 g/mol. The zero-order chi connectivity index (χ0) is 28.4. The molecule has 1 saturated heterocycles. The van der Waals surface area contributed by atoms with Crippen LogP contribution in [-0.2, 0) is 57.1 Å². The minimum Gasteiger partial charge on any atom is -0.463 e. The maximum Gasteiger partial charge on any atom is 0.373 e. The lowest BCUT2D eigenvalue weighted by Gasteiger charge is -2.43. The first-order valence-electron chi connectivity index (χ1n) is 11.5. The molecule has 12 nitrogen and oxygen atoms in total. The standard InChI is InChI=1S/C25H29FO12/c1-6-32-24(31)19(11-17-8-7-9-18(26)10-17)37-25-23(36-16(5)30)22(35-15(4)29)21(34-14(3)28)20(38-25)12-33-13(2)27/h7-11,20-23,25H,6,12H2,1-5H3. The smallest absolute Gasteiger partial charge is 0.373 e. The number of halogens is 1. The predicted molar refractivity (Wildman–Crippen MR) is 124 cm³/mol. The summed E-state index contributed by atoms with van der Waals surface area (Å²) >= 11 is 0. The number of rotatable bonds is 10. The number of carbonyl (C=O) groups is 5. The monoisotopic (exact) mass is 540 g/mol. The van der Waals surface area contributed by atoms with E-state index in [0.29, 0.717) is 0 Å². The normalized spacial score (nSPS) is 23.0. The largest absolute Gasteiger partial charge is 0.463 e. The van der Waals surface area contributed by atoms with Gasteiger partial charge in [0.15, 0.2) is 12.2 Å². The fourth-order valence-corrected chi connectivity index (χ4v) is 3.50. The Kier molecular flexibility index (Phi) is 11.2. The molecule has 0 bridgehead atoms. The molecule has 1 fully saturated rings. The summed E-state index contributed by atoms with van der Waals surface area (Å²) in [4.78, 5) is 59.9. The Hall–Kier alpha value is -4.00. The molecule has 13 heteroatoms. The van der Waals surface area contributed by atoms with Crippen LogP contribution in [0.1, 0.15) is 40.2 Å². The molecule has 1 aromatic carbocycles. The maximum atomic E-state index is 13.8. The highest BCUT2D eigenvalue weighted by atomic mass is 19.1. The second kappa shape index (κ2) is 14.1. The molecule has 5 unspecified atom stereocenters. The molecule has 0 saturated carbocycles. The maximum absolute atomic E-state index is 13.8. The number of benzene rings is 1. The molecule has 1 aromatic rings. The van der Waals surface area contributed by atoms with E-state index < -0.39 is 78.7 Å². The molecule has 1 heterocycles. The Labute approximate surface area is 217 Å². The van der Waals surface area contributed by atoms with Gasteiger partial charge in [0.2, 0.25) is 18.2 Å². The van der Waals surface area contributed by atoms with E-state index in [1.54, 1.807) is 6.92 Å². The Balaban J connectivity index is 2.58. The zero-order valence-electron chi connectivity index (χ0n) is 21.5. The third-order valence-corrected chi connectivity index (χ3v) is 4.81. The molecule has 5 atom stereocenters. The second-order valence-corrected chi connectivity index (χ2v) is 7.97. The third kappa shape index (κ3) is 9.14. The quantitative estimate of drug-likeness (QED) is 0.184. The van der Waals surface area contributed by atoms with Gasteiger partial charge in [-0.15, -0.1) is 0 Å². The van der Waals surface area contributed by atoms with E-state index in [1.165, 1.54) is 18.2 Å². The van der Waals surface area contributed by atoms with Crippen LogP contribution in [0, 0.1) is 5.82 Å². The number of ether oxygens (including phenoxy) is 7. The van der Waals surface area contributed by atoms with Gasteiger partial charge in [0, 0.05) is 27.7 Å². The summed E-state index contributed by atoms with van der Waals surface area (Å²) in [6, 6.07) is 5.20. The topological polar surface area (TPSA) is 150 Å². The fourth-order valence-electron chi connectivity index (χ4n) is 3.50. The van der Waals surface area contributed by atoms with Crippen LogP contribution < -0.4 is 0 Å². The van der Waals surface area contributed by atoms with Crippen LogP contribution in [0.2, 0.25) is 0 Å². The van der Waals surface area contributed by atoms with Gasteiger partial charge in [0.1, 0.15) is 18.5 Å². The van der Waals surface area contributed by atoms with E-state index in [4.69, 9.17) is 33.2 Å². The van der Waals surface area contributed by atoms with Crippen molar-refractivity contribution in [3.05, 3.63) is 41.4 Å². The number of hydrogen-bond acceptors (Lipinski definition) is 12. The first-order valence-corrected chi connectivity index (χ1v) is 11.5. The second-order valence-electron chi connectivity index (χ2n) is 7.97. The minimum absolute atomic E-state index is 0.0404. The van der Waals surface area contributed by atoms with E-state index in [9.17, 15) is 28.4 Å². The predicted octanol–water partition coefficient (Wildman–Crippen LogP) is 1.83. The summed E-state index contributed by atoms with van der Waals surface area (Å²) in [7, 11) is 0. The summed E-state index contributed by atoms with van der Waals surface area (Å²) in [5.41, 5.74) is 0.221. The Morgan fingerprint density at radius 2 is 1.45 bits per heavy atom. The van der Waals surface area contributed by atoms with Gasteiger partial charge in [0.25, 0.3) is 0 Å². The zero-order valence-corrected chi connectivity index (χ0v) is 21.5. The van der Waals surface area contributed by atoms with Crippen molar-refractivity contribution >= 4 is 35.9 Å². The van der Waals surface area contributed by atoms with E-state index in [0.717, 1.165) is 39.8 Å². The van der Waals surface area contributed by atoms with E-state index in [2.05, 4.69) is 0 Å². The van der Waals surface area contributed by atoms with Crippen molar-refractivity contribution in [3.63, 3.8) is 0 Å². The van der Waals surface area contributed by atoms with Gasteiger partial charge < -0.3 is 33.2 Å². The first-order chi connectivity index (χ1) is 17.9. The van der Waals surface area contributed by atoms with Crippen molar-refractivity contribution in [2.24, 2.45) is 0 Å². The molecule has 0 aromatic heterocycles. The molecule has 0 radical (unpaired) electrons.